The minimum absolute atomic E-state index is 0.220. The topological polar surface area (TPSA) is 134 Å². The Labute approximate surface area is 243 Å². The van der Waals surface area contributed by atoms with E-state index in [1.54, 1.807) is 19.2 Å². The van der Waals surface area contributed by atoms with Crippen LogP contribution in [0.15, 0.2) is 59.6 Å². The van der Waals surface area contributed by atoms with Crippen molar-refractivity contribution < 1.29 is 13.6 Å². The number of aromatic nitrogens is 6. The van der Waals surface area contributed by atoms with E-state index in [2.05, 4.69) is 59.6 Å². The van der Waals surface area contributed by atoms with Gasteiger partial charge in [0.25, 0.3) is 5.91 Å². The Bertz CT molecular complexity index is 1550. The number of aliphatic imine (C=N–C) groups is 1. The molecule has 0 radical (unpaired) electrons. The second kappa shape index (κ2) is 15.2. The van der Waals surface area contributed by atoms with Crippen LogP contribution < -0.4 is 10.6 Å². The Kier molecular flexibility index (Phi) is 11.5. The van der Waals surface area contributed by atoms with Crippen LogP contribution in [0.3, 0.4) is 0 Å². The van der Waals surface area contributed by atoms with Gasteiger partial charge in [0.1, 0.15) is 11.6 Å². The zero-order valence-corrected chi connectivity index (χ0v) is 24.5. The van der Waals surface area contributed by atoms with Crippen LogP contribution in [0.4, 0.5) is 20.4 Å². The number of nitrogens with zero attached hydrogens (tertiary/aromatic N) is 6. The highest BCUT2D eigenvalue weighted by molar-refractivity contribution is 5.92. The molecule has 1 atom stereocenters. The van der Waals surface area contributed by atoms with Gasteiger partial charge in [-0.2, -0.15) is 5.10 Å². The van der Waals surface area contributed by atoms with E-state index in [0.717, 1.165) is 23.4 Å². The third-order valence-corrected chi connectivity index (χ3v) is 6.08. The normalized spacial score (nSPS) is 12.0. The van der Waals surface area contributed by atoms with E-state index in [9.17, 15) is 13.6 Å². The van der Waals surface area contributed by atoms with Gasteiger partial charge in [-0.25, -0.2) is 23.7 Å². The Morgan fingerprint density at radius 1 is 1.12 bits per heavy atom. The van der Waals surface area contributed by atoms with Gasteiger partial charge in [0.15, 0.2) is 23.2 Å². The molecule has 42 heavy (non-hydrogen) atoms. The highest BCUT2D eigenvalue weighted by atomic mass is 19.1. The summed E-state index contributed by atoms with van der Waals surface area (Å²) in [6, 6.07) is 8.65. The molecule has 1 unspecified atom stereocenters. The van der Waals surface area contributed by atoms with Gasteiger partial charge in [0.2, 0.25) is 0 Å². The maximum absolute atomic E-state index is 14.8. The molecule has 0 aromatic carbocycles. The Morgan fingerprint density at radius 2 is 1.90 bits per heavy atom. The zero-order chi connectivity index (χ0) is 30.6. The average molecular weight is 576 g/mol. The molecule has 0 saturated heterocycles. The lowest BCUT2D eigenvalue weighted by Crippen LogP contribution is -2.25. The number of aromatic amines is 1. The molecule has 0 fully saturated rings. The number of allylic oxidation sites excluding steroid dienone is 2. The fourth-order valence-corrected chi connectivity index (χ4v) is 3.61. The van der Waals surface area contributed by atoms with Gasteiger partial charge in [-0.1, -0.05) is 26.0 Å². The highest BCUT2D eigenvalue weighted by Crippen LogP contribution is 2.21. The largest absolute Gasteiger partial charge is 0.346 e. The third-order valence-electron chi connectivity index (χ3n) is 6.08. The van der Waals surface area contributed by atoms with Crippen LogP contribution in [0.2, 0.25) is 0 Å². The Hall–Kier alpha value is -4.87. The molecule has 4 aromatic rings. The first-order chi connectivity index (χ1) is 20.1. The fourth-order valence-electron chi connectivity index (χ4n) is 3.61. The summed E-state index contributed by atoms with van der Waals surface area (Å²) >= 11 is 0. The molecular formula is C30H35F2N9O. The lowest BCUT2D eigenvalue weighted by atomic mass is 10.0. The van der Waals surface area contributed by atoms with Crippen molar-refractivity contribution in [3.8, 4) is 11.4 Å². The minimum Gasteiger partial charge on any atom is -0.346 e. The number of amides is 1. The fraction of sp³-hybridized carbons (Fsp3) is 0.300. The molecule has 4 rings (SSSR count). The number of carbonyl (C=O) groups is 1. The van der Waals surface area contributed by atoms with Gasteiger partial charge >= 0.3 is 0 Å². The molecule has 10 nitrogen and oxygen atoms in total. The average Bonchev–Trinajstić information content (AvgIpc) is 3.39. The van der Waals surface area contributed by atoms with Gasteiger partial charge in [0, 0.05) is 60.8 Å². The van der Waals surface area contributed by atoms with Crippen LogP contribution in [-0.4, -0.2) is 49.3 Å². The lowest BCUT2D eigenvalue weighted by molar-refractivity contribution is 0.0941. The summed E-state index contributed by atoms with van der Waals surface area (Å²) < 4.78 is 26.7. The standard InChI is InChI=1S/C25H27FN8O.C5H8FN/c1-5-14(2)20-7-6-17(11-27-20)12-29-25(35)23-19(26)10-18(13-28-23)24-30-15(3)8-21(32-24)31-22-9-16(4)33-34-22;1-3-5(6)4-7-2/h6-11,13-14H,5,12H2,1-4H3,(H,29,35)(H2,30,31,32,33,34);3-4H,1-2H3/b;5-3+,7-4?. The predicted octanol–water partition coefficient (Wildman–Crippen LogP) is 6.16. The van der Waals surface area contributed by atoms with E-state index < -0.39 is 11.7 Å². The summed E-state index contributed by atoms with van der Waals surface area (Å²) in [5.41, 5.74) is 3.47. The van der Waals surface area contributed by atoms with Gasteiger partial charge in [-0.15, -0.1) is 0 Å². The van der Waals surface area contributed by atoms with E-state index in [1.807, 2.05) is 32.0 Å². The predicted molar refractivity (Wildman–Crippen MR) is 160 cm³/mol. The van der Waals surface area contributed by atoms with Gasteiger partial charge in [-0.3, -0.25) is 19.9 Å². The van der Waals surface area contributed by atoms with Crippen molar-refractivity contribution in [2.75, 3.05) is 12.4 Å². The number of nitrogens with one attached hydrogen (secondary N) is 3. The number of rotatable bonds is 9. The Morgan fingerprint density at radius 3 is 2.48 bits per heavy atom. The van der Waals surface area contributed by atoms with Crippen molar-refractivity contribution in [2.45, 2.75) is 53.5 Å². The van der Waals surface area contributed by atoms with Crippen LogP contribution in [0, 0.1) is 19.7 Å². The summed E-state index contributed by atoms with van der Waals surface area (Å²) in [6.45, 7) is 9.76. The van der Waals surface area contributed by atoms with Crippen molar-refractivity contribution in [3.63, 3.8) is 0 Å². The second-order valence-electron chi connectivity index (χ2n) is 9.48. The summed E-state index contributed by atoms with van der Waals surface area (Å²) in [5, 5.41) is 12.8. The molecule has 0 spiro atoms. The number of carbonyl (C=O) groups excluding carboxylic acids is 1. The molecular weight excluding hydrogens is 540 g/mol. The molecule has 0 aliphatic carbocycles. The van der Waals surface area contributed by atoms with Crippen molar-refractivity contribution >= 4 is 23.8 Å². The summed E-state index contributed by atoms with van der Waals surface area (Å²) in [4.78, 5) is 33.3. The first-order valence-electron chi connectivity index (χ1n) is 13.4. The lowest BCUT2D eigenvalue weighted by Gasteiger charge is -2.10. The third kappa shape index (κ3) is 9.08. The summed E-state index contributed by atoms with van der Waals surface area (Å²) in [7, 11) is 1.53. The molecule has 0 aliphatic rings. The highest BCUT2D eigenvalue weighted by Gasteiger charge is 2.16. The van der Waals surface area contributed by atoms with Crippen molar-refractivity contribution in [2.24, 2.45) is 4.99 Å². The van der Waals surface area contributed by atoms with Gasteiger partial charge in [0.05, 0.1) is 6.21 Å². The number of H-pyrrole nitrogens is 1. The molecule has 3 N–H and O–H groups in total. The first-order valence-corrected chi connectivity index (χ1v) is 13.4. The first kappa shape index (κ1) is 31.7. The minimum atomic E-state index is -0.757. The quantitative estimate of drug-likeness (QED) is 0.204. The molecule has 0 saturated carbocycles. The summed E-state index contributed by atoms with van der Waals surface area (Å²) in [5.74, 6) is 0.110. The molecule has 4 aromatic heterocycles. The molecule has 4 heterocycles. The van der Waals surface area contributed by atoms with Crippen LogP contribution in [-0.2, 0) is 6.54 Å². The monoisotopic (exact) mass is 575 g/mol. The second-order valence-corrected chi connectivity index (χ2v) is 9.48. The number of halogens is 2. The number of hydrogen-bond acceptors (Lipinski definition) is 8. The van der Waals surface area contributed by atoms with Crippen molar-refractivity contribution in [3.05, 3.63) is 88.8 Å². The maximum atomic E-state index is 14.8. The molecule has 0 bridgehead atoms. The number of hydrogen-bond donors (Lipinski definition) is 3. The molecule has 220 valence electrons. The Balaban J connectivity index is 0.000000616. The van der Waals surface area contributed by atoms with Gasteiger partial charge < -0.3 is 10.6 Å². The van der Waals surface area contributed by atoms with Crippen molar-refractivity contribution in [1.82, 2.24) is 35.5 Å². The van der Waals surface area contributed by atoms with Gasteiger partial charge in [-0.05, 0) is 50.8 Å². The zero-order valence-electron chi connectivity index (χ0n) is 24.5. The number of aryl methyl sites for hydroxylation is 2. The van der Waals surface area contributed by atoms with E-state index in [-0.39, 0.29) is 23.9 Å². The molecule has 12 heteroatoms. The van der Waals surface area contributed by atoms with E-state index in [1.165, 1.54) is 31.6 Å². The van der Waals surface area contributed by atoms with E-state index in [0.29, 0.717) is 28.8 Å². The molecule has 1 amide bonds. The maximum Gasteiger partial charge on any atom is 0.273 e. The van der Waals surface area contributed by atoms with E-state index in [4.69, 9.17) is 0 Å². The van der Waals surface area contributed by atoms with Crippen molar-refractivity contribution in [1.29, 1.82) is 0 Å². The van der Waals surface area contributed by atoms with Crippen LogP contribution >= 0.6 is 0 Å². The van der Waals surface area contributed by atoms with Crippen LogP contribution in [0.5, 0.6) is 0 Å². The van der Waals surface area contributed by atoms with Crippen LogP contribution in [0.1, 0.15) is 66.2 Å². The SMILES string of the molecule is C/C=C(/F)C=NC.CCC(C)c1ccc(CNC(=O)c2ncc(-c3nc(C)cc(Nc4cc(C)[nH]n4)n3)cc2F)cn1. The number of anilines is 2. The van der Waals surface area contributed by atoms with E-state index >= 15 is 0 Å². The number of pyridine rings is 2. The summed E-state index contributed by atoms with van der Waals surface area (Å²) in [6.07, 6.45) is 6.63. The van der Waals surface area contributed by atoms with Crippen LogP contribution in [0.25, 0.3) is 11.4 Å². The molecule has 0 aliphatic heterocycles. The smallest absolute Gasteiger partial charge is 0.273 e.